The summed E-state index contributed by atoms with van der Waals surface area (Å²) in [5.41, 5.74) is 1.36. The number of ketones is 1. The highest BCUT2D eigenvalue weighted by molar-refractivity contribution is 5.97. The molecule has 0 saturated carbocycles. The summed E-state index contributed by atoms with van der Waals surface area (Å²) in [4.78, 5) is 11.5. The molecule has 1 aromatic rings. The molecule has 0 N–H and O–H groups in total. The fourth-order valence-electron chi connectivity index (χ4n) is 1.26. The van der Waals surface area contributed by atoms with Crippen molar-refractivity contribution in [1.29, 1.82) is 0 Å². The lowest BCUT2D eigenvalue weighted by Gasteiger charge is -2.03. The zero-order valence-electron chi connectivity index (χ0n) is 7.93. The topological polar surface area (TPSA) is 17.1 Å². The van der Waals surface area contributed by atoms with Crippen LogP contribution in [0.5, 0.6) is 0 Å². The van der Waals surface area contributed by atoms with Crippen molar-refractivity contribution in [2.75, 3.05) is 0 Å². The van der Waals surface area contributed by atoms with Gasteiger partial charge in [-0.15, -0.1) is 0 Å². The molecule has 0 amide bonds. The Hall–Kier alpha value is -1.18. The lowest BCUT2D eigenvalue weighted by Crippen LogP contribution is -2.01. The first-order valence-electron chi connectivity index (χ1n) is 4.44. The third-order valence-corrected chi connectivity index (χ3v) is 1.98. The van der Waals surface area contributed by atoms with Crippen LogP contribution in [0.4, 0.5) is 4.39 Å². The van der Waals surface area contributed by atoms with Gasteiger partial charge < -0.3 is 0 Å². The van der Waals surface area contributed by atoms with E-state index in [2.05, 4.69) is 0 Å². The van der Waals surface area contributed by atoms with E-state index in [1.165, 1.54) is 12.1 Å². The molecule has 0 aromatic heterocycles. The van der Waals surface area contributed by atoms with E-state index in [4.69, 9.17) is 0 Å². The molecule has 0 radical (unpaired) electrons. The number of Topliss-reactive ketones (excluding diaryl/α,β-unsaturated/α-hetero) is 1. The predicted molar refractivity (Wildman–Crippen MR) is 50.4 cm³/mol. The number of halogens is 1. The lowest BCUT2D eigenvalue weighted by atomic mass is 10.0. The van der Waals surface area contributed by atoms with Crippen LogP contribution in [0, 0.1) is 12.7 Å². The molecule has 0 atom stereocenters. The van der Waals surface area contributed by atoms with Gasteiger partial charge in [-0.25, -0.2) is 4.39 Å². The van der Waals surface area contributed by atoms with E-state index >= 15 is 0 Å². The average Bonchev–Trinajstić information content (AvgIpc) is 2.09. The van der Waals surface area contributed by atoms with E-state index in [1.807, 2.05) is 13.8 Å². The quantitative estimate of drug-likeness (QED) is 0.653. The van der Waals surface area contributed by atoms with Crippen LogP contribution < -0.4 is 0 Å². The van der Waals surface area contributed by atoms with Crippen molar-refractivity contribution >= 4 is 5.78 Å². The van der Waals surface area contributed by atoms with Crippen molar-refractivity contribution in [2.24, 2.45) is 0 Å². The zero-order valence-corrected chi connectivity index (χ0v) is 7.93. The molecule has 13 heavy (non-hydrogen) atoms. The van der Waals surface area contributed by atoms with Crippen LogP contribution in [0.1, 0.15) is 35.7 Å². The number of carbonyl (C=O) groups is 1. The molecule has 0 bridgehead atoms. The van der Waals surface area contributed by atoms with Crippen molar-refractivity contribution < 1.29 is 9.18 Å². The number of hydrogen-bond acceptors (Lipinski definition) is 1. The molecule has 0 aliphatic heterocycles. The molecule has 1 aromatic carbocycles. The Morgan fingerprint density at radius 3 is 2.77 bits per heavy atom. The van der Waals surface area contributed by atoms with Gasteiger partial charge in [-0.3, -0.25) is 4.79 Å². The summed E-state index contributed by atoms with van der Waals surface area (Å²) in [6.45, 7) is 3.76. The van der Waals surface area contributed by atoms with E-state index in [0.29, 0.717) is 12.0 Å². The highest BCUT2D eigenvalue weighted by Gasteiger charge is 2.08. The van der Waals surface area contributed by atoms with Crippen molar-refractivity contribution in [3.8, 4) is 0 Å². The molecule has 0 aliphatic carbocycles. The summed E-state index contributed by atoms with van der Waals surface area (Å²) >= 11 is 0. The SMILES string of the molecule is CCCC(=O)c1cc(F)ccc1C. The molecular formula is C11H13FO. The summed E-state index contributed by atoms with van der Waals surface area (Å²) in [6.07, 6.45) is 1.29. The molecule has 70 valence electrons. The largest absolute Gasteiger partial charge is 0.294 e. The van der Waals surface area contributed by atoms with E-state index in [-0.39, 0.29) is 11.6 Å². The van der Waals surface area contributed by atoms with Crippen molar-refractivity contribution in [3.63, 3.8) is 0 Å². The molecule has 1 nitrogen and oxygen atoms in total. The number of carbonyl (C=O) groups excluding carboxylic acids is 1. The van der Waals surface area contributed by atoms with Crippen LogP contribution in [-0.2, 0) is 0 Å². The summed E-state index contributed by atoms with van der Waals surface area (Å²) < 4.78 is 12.8. The second-order valence-corrected chi connectivity index (χ2v) is 3.13. The van der Waals surface area contributed by atoms with Gasteiger partial charge in [-0.1, -0.05) is 13.0 Å². The first-order valence-corrected chi connectivity index (χ1v) is 4.44. The number of benzene rings is 1. The minimum Gasteiger partial charge on any atom is -0.294 e. The van der Waals surface area contributed by atoms with Gasteiger partial charge in [0.2, 0.25) is 0 Å². The molecule has 0 unspecified atom stereocenters. The Labute approximate surface area is 77.6 Å². The maximum absolute atomic E-state index is 12.8. The van der Waals surface area contributed by atoms with Crippen LogP contribution in [0.3, 0.4) is 0 Å². The van der Waals surface area contributed by atoms with Gasteiger partial charge in [0.05, 0.1) is 0 Å². The van der Waals surface area contributed by atoms with Gasteiger partial charge in [0.1, 0.15) is 5.82 Å². The normalized spacial score (nSPS) is 10.1. The number of aryl methyl sites for hydroxylation is 1. The summed E-state index contributed by atoms with van der Waals surface area (Å²) in [7, 11) is 0. The molecular weight excluding hydrogens is 167 g/mol. The van der Waals surface area contributed by atoms with Gasteiger partial charge >= 0.3 is 0 Å². The maximum Gasteiger partial charge on any atom is 0.163 e. The average molecular weight is 180 g/mol. The second-order valence-electron chi connectivity index (χ2n) is 3.13. The van der Waals surface area contributed by atoms with E-state index in [0.717, 1.165) is 12.0 Å². The molecule has 0 saturated heterocycles. The van der Waals surface area contributed by atoms with Crippen LogP contribution >= 0.6 is 0 Å². The fraction of sp³-hybridized carbons (Fsp3) is 0.364. The third-order valence-electron chi connectivity index (χ3n) is 1.98. The smallest absolute Gasteiger partial charge is 0.163 e. The highest BCUT2D eigenvalue weighted by Crippen LogP contribution is 2.13. The molecule has 0 fully saturated rings. The zero-order chi connectivity index (χ0) is 9.84. The molecule has 2 heteroatoms. The third kappa shape index (κ3) is 2.38. The standard InChI is InChI=1S/C11H13FO/c1-3-4-11(13)10-7-9(12)6-5-8(10)2/h5-7H,3-4H2,1-2H3. The van der Waals surface area contributed by atoms with E-state index < -0.39 is 0 Å². The second kappa shape index (κ2) is 4.17. The summed E-state index contributed by atoms with van der Waals surface area (Å²) in [5, 5.41) is 0. The maximum atomic E-state index is 12.8. The van der Waals surface area contributed by atoms with Crippen LogP contribution in [0.15, 0.2) is 18.2 Å². The first kappa shape index (κ1) is 9.90. The first-order chi connectivity index (χ1) is 6.15. The Morgan fingerprint density at radius 2 is 2.15 bits per heavy atom. The molecule has 0 heterocycles. The van der Waals surface area contributed by atoms with Gasteiger partial charge in [-0.05, 0) is 31.0 Å². The van der Waals surface area contributed by atoms with Crippen LogP contribution in [-0.4, -0.2) is 5.78 Å². The van der Waals surface area contributed by atoms with Crippen molar-refractivity contribution in [1.82, 2.24) is 0 Å². The van der Waals surface area contributed by atoms with Crippen LogP contribution in [0.25, 0.3) is 0 Å². The minimum absolute atomic E-state index is 0.0273. The van der Waals surface area contributed by atoms with E-state index in [1.54, 1.807) is 6.07 Å². The highest BCUT2D eigenvalue weighted by atomic mass is 19.1. The predicted octanol–water partition coefficient (Wildman–Crippen LogP) is 3.12. The molecule has 0 aliphatic rings. The Bertz CT molecular complexity index is 318. The molecule has 1 rings (SSSR count). The number of rotatable bonds is 3. The van der Waals surface area contributed by atoms with Gasteiger partial charge in [0.15, 0.2) is 5.78 Å². The van der Waals surface area contributed by atoms with Crippen LogP contribution in [0.2, 0.25) is 0 Å². The van der Waals surface area contributed by atoms with E-state index in [9.17, 15) is 9.18 Å². The summed E-state index contributed by atoms with van der Waals surface area (Å²) in [6, 6.07) is 4.32. The van der Waals surface area contributed by atoms with Gasteiger partial charge in [0, 0.05) is 12.0 Å². The fourth-order valence-corrected chi connectivity index (χ4v) is 1.26. The van der Waals surface area contributed by atoms with Crippen molar-refractivity contribution in [2.45, 2.75) is 26.7 Å². The summed E-state index contributed by atoms with van der Waals surface area (Å²) in [5.74, 6) is -0.315. The van der Waals surface area contributed by atoms with Gasteiger partial charge in [0.25, 0.3) is 0 Å². The minimum atomic E-state index is -0.343. The Balaban J connectivity index is 2.99. The van der Waals surface area contributed by atoms with Gasteiger partial charge in [-0.2, -0.15) is 0 Å². The molecule has 0 spiro atoms. The monoisotopic (exact) mass is 180 g/mol. The Kier molecular flexibility index (Phi) is 3.18. The van der Waals surface area contributed by atoms with Crippen molar-refractivity contribution in [3.05, 3.63) is 35.1 Å². The Morgan fingerprint density at radius 1 is 1.46 bits per heavy atom. The number of hydrogen-bond donors (Lipinski definition) is 0. The lowest BCUT2D eigenvalue weighted by molar-refractivity contribution is 0.0980.